The summed E-state index contributed by atoms with van der Waals surface area (Å²) in [5.74, 6) is 1.05. The molecule has 0 atom stereocenters. The van der Waals surface area contributed by atoms with Crippen LogP contribution in [-0.4, -0.2) is 15.8 Å². The lowest BCUT2D eigenvalue weighted by atomic mass is 9.96. The molecule has 0 saturated carbocycles. The van der Waals surface area contributed by atoms with Crippen molar-refractivity contribution in [3.05, 3.63) is 23.3 Å². The van der Waals surface area contributed by atoms with Crippen LogP contribution in [0.15, 0.2) is 6.20 Å². The minimum Gasteiger partial charge on any atom is -0.299 e. The normalized spacial score (nSPS) is 15.9. The van der Waals surface area contributed by atoms with Gasteiger partial charge in [0.05, 0.1) is 5.69 Å². The fourth-order valence-corrected chi connectivity index (χ4v) is 1.45. The lowest BCUT2D eigenvalue weighted by Gasteiger charge is -2.12. The fourth-order valence-electron chi connectivity index (χ4n) is 1.45. The number of hydrogen-bond acceptors (Lipinski definition) is 3. The minimum atomic E-state index is 0.292. The molecule has 0 aliphatic heterocycles. The van der Waals surface area contributed by atoms with Crippen molar-refractivity contribution in [1.82, 2.24) is 9.97 Å². The average Bonchev–Trinajstić information content (AvgIpc) is 2.03. The van der Waals surface area contributed by atoms with Crippen molar-refractivity contribution >= 4 is 5.78 Å². The van der Waals surface area contributed by atoms with Gasteiger partial charge in [-0.1, -0.05) is 0 Å². The van der Waals surface area contributed by atoms with Gasteiger partial charge in [0.15, 0.2) is 0 Å². The third kappa shape index (κ3) is 1.22. The summed E-state index contributed by atoms with van der Waals surface area (Å²) in [6.07, 6.45) is 3.80. The molecule has 0 radical (unpaired) electrons. The molecule has 3 nitrogen and oxygen atoms in total. The highest BCUT2D eigenvalue weighted by Gasteiger charge is 2.16. The van der Waals surface area contributed by atoms with Crippen LogP contribution < -0.4 is 0 Å². The number of carbonyl (C=O) groups is 1. The van der Waals surface area contributed by atoms with E-state index in [-0.39, 0.29) is 0 Å². The van der Waals surface area contributed by atoms with Crippen molar-refractivity contribution in [1.29, 1.82) is 0 Å². The number of aromatic nitrogens is 2. The molecule has 0 bridgehead atoms. The molecule has 0 N–H and O–H groups in total. The molecule has 12 heavy (non-hydrogen) atoms. The van der Waals surface area contributed by atoms with Crippen LogP contribution in [0.2, 0.25) is 0 Å². The third-order valence-corrected chi connectivity index (χ3v) is 2.11. The highest BCUT2D eigenvalue weighted by atomic mass is 16.1. The minimum absolute atomic E-state index is 0.292. The first-order chi connectivity index (χ1) is 5.75. The van der Waals surface area contributed by atoms with Gasteiger partial charge in [-0.25, -0.2) is 9.97 Å². The highest BCUT2D eigenvalue weighted by molar-refractivity contribution is 5.82. The molecule has 0 amide bonds. The second-order valence-electron chi connectivity index (χ2n) is 3.10. The summed E-state index contributed by atoms with van der Waals surface area (Å²) < 4.78 is 0. The predicted molar refractivity (Wildman–Crippen MR) is 43.8 cm³/mol. The van der Waals surface area contributed by atoms with Crippen LogP contribution in [0.25, 0.3) is 0 Å². The Bertz CT molecular complexity index is 333. The third-order valence-electron chi connectivity index (χ3n) is 2.11. The van der Waals surface area contributed by atoms with Crippen LogP contribution in [0.3, 0.4) is 0 Å². The Balaban J connectivity index is 2.44. The quantitative estimate of drug-likeness (QED) is 0.567. The van der Waals surface area contributed by atoms with Gasteiger partial charge in [0.25, 0.3) is 0 Å². The van der Waals surface area contributed by atoms with Gasteiger partial charge in [-0.2, -0.15) is 0 Å². The van der Waals surface area contributed by atoms with E-state index in [1.165, 1.54) is 0 Å². The highest BCUT2D eigenvalue weighted by Crippen LogP contribution is 2.15. The van der Waals surface area contributed by atoms with Gasteiger partial charge in [0.1, 0.15) is 11.6 Å². The Morgan fingerprint density at radius 2 is 2.25 bits per heavy atom. The first-order valence-electron chi connectivity index (χ1n) is 4.09. The molecule has 1 aromatic heterocycles. The summed E-state index contributed by atoms with van der Waals surface area (Å²) in [6.45, 7) is 1.85. The van der Waals surface area contributed by atoms with E-state index < -0.39 is 0 Å². The number of ketones is 1. The number of carbonyl (C=O) groups excluding carboxylic acids is 1. The molecule has 1 aliphatic rings. The molecule has 2 rings (SSSR count). The summed E-state index contributed by atoms with van der Waals surface area (Å²) in [5, 5.41) is 0. The van der Waals surface area contributed by atoms with E-state index in [9.17, 15) is 4.79 Å². The monoisotopic (exact) mass is 162 g/mol. The van der Waals surface area contributed by atoms with E-state index >= 15 is 0 Å². The van der Waals surface area contributed by atoms with Crippen molar-refractivity contribution < 1.29 is 4.79 Å². The molecule has 0 unspecified atom stereocenters. The van der Waals surface area contributed by atoms with E-state index in [4.69, 9.17) is 0 Å². The molecule has 62 valence electrons. The second kappa shape index (κ2) is 2.66. The fraction of sp³-hybridized carbons (Fsp3) is 0.444. The zero-order chi connectivity index (χ0) is 8.55. The zero-order valence-electron chi connectivity index (χ0n) is 7.00. The van der Waals surface area contributed by atoms with Gasteiger partial charge in [0, 0.05) is 19.0 Å². The van der Waals surface area contributed by atoms with Crippen molar-refractivity contribution in [3.63, 3.8) is 0 Å². The average molecular weight is 162 g/mol. The maximum absolute atomic E-state index is 11.1. The SMILES string of the molecule is Cc1ncc2c(n1)CC(=O)CC2. The van der Waals surface area contributed by atoms with Crippen LogP contribution in [0.5, 0.6) is 0 Å². The summed E-state index contributed by atoms with van der Waals surface area (Å²) in [6, 6.07) is 0. The molecule has 0 fully saturated rings. The van der Waals surface area contributed by atoms with E-state index in [2.05, 4.69) is 9.97 Å². The number of fused-ring (bicyclic) bond motifs is 1. The summed E-state index contributed by atoms with van der Waals surface area (Å²) >= 11 is 0. The predicted octanol–water partition coefficient (Wildman–Crippen LogP) is 0.843. The largest absolute Gasteiger partial charge is 0.299 e. The Morgan fingerprint density at radius 3 is 3.08 bits per heavy atom. The van der Waals surface area contributed by atoms with Crippen molar-refractivity contribution in [2.45, 2.75) is 26.2 Å². The molecule has 3 heteroatoms. The van der Waals surface area contributed by atoms with Crippen LogP contribution >= 0.6 is 0 Å². The molecule has 1 aliphatic carbocycles. The van der Waals surface area contributed by atoms with Crippen molar-refractivity contribution in [3.8, 4) is 0 Å². The molecule has 1 heterocycles. The molecular weight excluding hydrogens is 152 g/mol. The van der Waals surface area contributed by atoms with E-state index in [1.54, 1.807) is 0 Å². The first kappa shape index (κ1) is 7.40. The topological polar surface area (TPSA) is 42.9 Å². The van der Waals surface area contributed by atoms with Crippen molar-refractivity contribution in [2.24, 2.45) is 0 Å². The standard InChI is InChI=1S/C9H10N2O/c1-6-10-5-7-2-3-8(12)4-9(7)11-6/h5H,2-4H2,1H3. The zero-order valence-corrected chi connectivity index (χ0v) is 7.00. The second-order valence-corrected chi connectivity index (χ2v) is 3.10. The lowest BCUT2D eigenvalue weighted by molar-refractivity contribution is -0.118. The van der Waals surface area contributed by atoms with Gasteiger partial charge in [-0.3, -0.25) is 4.79 Å². The number of rotatable bonds is 0. The summed E-state index contributed by atoms with van der Waals surface area (Å²) in [5.41, 5.74) is 2.07. The summed E-state index contributed by atoms with van der Waals surface area (Å²) in [4.78, 5) is 19.4. The van der Waals surface area contributed by atoms with E-state index in [0.29, 0.717) is 18.6 Å². The molecule has 0 saturated heterocycles. The van der Waals surface area contributed by atoms with E-state index in [0.717, 1.165) is 23.5 Å². The maximum atomic E-state index is 11.1. The van der Waals surface area contributed by atoms with Crippen molar-refractivity contribution in [2.75, 3.05) is 0 Å². The Kier molecular flexibility index (Phi) is 1.64. The molecule has 1 aromatic rings. The van der Waals surface area contributed by atoms with Crippen LogP contribution in [0, 0.1) is 6.92 Å². The van der Waals surface area contributed by atoms with Gasteiger partial charge < -0.3 is 0 Å². The van der Waals surface area contributed by atoms with Crippen LogP contribution in [0.4, 0.5) is 0 Å². The van der Waals surface area contributed by atoms with Gasteiger partial charge >= 0.3 is 0 Å². The Labute approximate surface area is 70.9 Å². The molecular formula is C9H10N2O. The Hall–Kier alpha value is -1.25. The van der Waals surface area contributed by atoms with Gasteiger partial charge in [-0.05, 0) is 18.9 Å². The molecule has 0 spiro atoms. The number of Topliss-reactive ketones (excluding diaryl/α,β-unsaturated/α-hetero) is 1. The van der Waals surface area contributed by atoms with E-state index in [1.807, 2.05) is 13.1 Å². The number of nitrogens with zero attached hydrogens (tertiary/aromatic N) is 2. The molecule has 0 aromatic carbocycles. The van der Waals surface area contributed by atoms with Gasteiger partial charge in [0.2, 0.25) is 0 Å². The Morgan fingerprint density at radius 1 is 1.42 bits per heavy atom. The smallest absolute Gasteiger partial charge is 0.139 e. The summed E-state index contributed by atoms with van der Waals surface area (Å²) in [7, 11) is 0. The maximum Gasteiger partial charge on any atom is 0.139 e. The number of aryl methyl sites for hydroxylation is 2. The lowest BCUT2D eigenvalue weighted by Crippen LogP contribution is -2.15. The van der Waals surface area contributed by atoms with Crippen LogP contribution in [-0.2, 0) is 17.6 Å². The number of hydrogen-bond donors (Lipinski definition) is 0. The first-order valence-corrected chi connectivity index (χ1v) is 4.09. The van der Waals surface area contributed by atoms with Gasteiger partial charge in [-0.15, -0.1) is 0 Å². The van der Waals surface area contributed by atoms with Crippen LogP contribution in [0.1, 0.15) is 23.5 Å².